The maximum absolute atomic E-state index is 12.2. The van der Waals surface area contributed by atoms with Gasteiger partial charge in [-0.15, -0.1) is 0 Å². The molecule has 0 radical (unpaired) electrons. The van der Waals surface area contributed by atoms with E-state index in [2.05, 4.69) is 106 Å². The van der Waals surface area contributed by atoms with E-state index in [1.807, 2.05) is 6.92 Å². The number of hydrogen-bond donors (Lipinski definition) is 2. The summed E-state index contributed by atoms with van der Waals surface area (Å²) in [5, 5.41) is 20.5. The molecule has 0 aliphatic carbocycles. The number of unbranched alkanes of at least 4 members (excludes halogenated alkanes) is 2. The molecule has 2 N–H and O–H groups in total. The Hall–Kier alpha value is -4.98. The van der Waals surface area contributed by atoms with E-state index >= 15 is 0 Å². The van der Waals surface area contributed by atoms with Gasteiger partial charge < -0.3 is 24.4 Å². The van der Waals surface area contributed by atoms with Crippen LogP contribution in [0.4, 0.5) is 0 Å². The number of carbonyl (C=O) groups excluding carboxylic acids is 2. The Kier molecular flexibility index (Phi) is 19.3. The summed E-state index contributed by atoms with van der Waals surface area (Å²) in [7, 11) is 0. The molecule has 4 aromatic rings. The molecule has 0 bridgehead atoms. The third-order valence-electron chi connectivity index (χ3n) is 11.3. The zero-order valence-corrected chi connectivity index (χ0v) is 36.9. The fourth-order valence-electron chi connectivity index (χ4n) is 7.60. The van der Waals surface area contributed by atoms with E-state index in [0.29, 0.717) is 56.3 Å². The summed E-state index contributed by atoms with van der Waals surface area (Å²) < 4.78 is 17.6. The molecule has 322 valence electrons. The van der Waals surface area contributed by atoms with Crippen LogP contribution in [-0.4, -0.2) is 55.2 Å². The van der Waals surface area contributed by atoms with Gasteiger partial charge in [0.1, 0.15) is 5.75 Å². The van der Waals surface area contributed by atoms with Crippen molar-refractivity contribution in [3.05, 3.63) is 125 Å². The second kappa shape index (κ2) is 24.3. The van der Waals surface area contributed by atoms with Crippen molar-refractivity contribution in [2.24, 2.45) is 5.41 Å². The van der Waals surface area contributed by atoms with Crippen LogP contribution in [0, 0.1) is 5.41 Å². The van der Waals surface area contributed by atoms with Gasteiger partial charge >= 0.3 is 11.9 Å². The van der Waals surface area contributed by atoms with Crippen molar-refractivity contribution < 1.29 is 34.0 Å². The fourth-order valence-corrected chi connectivity index (χ4v) is 7.60. The maximum Gasteiger partial charge on any atom is 0.333 e. The van der Waals surface area contributed by atoms with Crippen molar-refractivity contribution in [2.45, 2.75) is 112 Å². The van der Waals surface area contributed by atoms with E-state index in [9.17, 15) is 19.8 Å². The molecule has 0 unspecified atom stereocenters. The standard InChI is InChI=1S/C53H68O7/c1-8-11-12-15-40-18-20-42(21-19-40)43-22-24-44(25-23-43)45-26-27-49(41(10-3)33-45)48-34-46(16-13-30-59-51(56)38(4)5)50(58-32-29-53(36-54,37-55)28-9-2)47(35-48)17-14-31-60-52(57)39(6)7/h18-27,33-35,54-55H,4,6,8-17,28-32,36-37H2,1-3,5,7H3. The molecule has 7 nitrogen and oxygen atoms in total. The molecule has 0 amide bonds. The number of esters is 2. The molecule has 0 spiro atoms. The Labute approximate surface area is 359 Å². The van der Waals surface area contributed by atoms with Crippen molar-refractivity contribution in [1.29, 1.82) is 0 Å². The predicted octanol–water partition coefficient (Wildman–Crippen LogP) is 11.6. The molecule has 0 aliphatic heterocycles. The minimum absolute atomic E-state index is 0.130. The van der Waals surface area contributed by atoms with Gasteiger partial charge in [0, 0.05) is 16.6 Å². The first-order chi connectivity index (χ1) is 29.0. The van der Waals surface area contributed by atoms with Crippen molar-refractivity contribution >= 4 is 11.9 Å². The van der Waals surface area contributed by atoms with E-state index in [1.54, 1.807) is 13.8 Å². The van der Waals surface area contributed by atoms with Crippen LogP contribution in [0.25, 0.3) is 33.4 Å². The molecule has 0 fully saturated rings. The Morgan fingerprint density at radius 1 is 0.567 bits per heavy atom. The average Bonchev–Trinajstić information content (AvgIpc) is 3.26. The summed E-state index contributed by atoms with van der Waals surface area (Å²) in [5.74, 6) is -0.0994. The molecular weight excluding hydrogens is 749 g/mol. The number of rotatable bonds is 26. The second-order valence-electron chi connectivity index (χ2n) is 16.3. The van der Waals surface area contributed by atoms with E-state index in [1.165, 1.54) is 41.5 Å². The van der Waals surface area contributed by atoms with Crippen molar-refractivity contribution in [3.8, 4) is 39.1 Å². The van der Waals surface area contributed by atoms with Crippen molar-refractivity contribution in [2.75, 3.05) is 33.0 Å². The average molecular weight is 817 g/mol. The Morgan fingerprint density at radius 3 is 1.55 bits per heavy atom. The first kappa shape index (κ1) is 47.7. The third-order valence-corrected chi connectivity index (χ3v) is 11.3. The maximum atomic E-state index is 12.2. The minimum atomic E-state index is -0.639. The summed E-state index contributed by atoms with van der Waals surface area (Å²) in [5.41, 5.74) is 11.5. The van der Waals surface area contributed by atoms with Gasteiger partial charge in [-0.3, -0.25) is 0 Å². The first-order valence-corrected chi connectivity index (χ1v) is 22.0. The molecule has 0 atom stereocenters. The second-order valence-corrected chi connectivity index (χ2v) is 16.3. The zero-order valence-electron chi connectivity index (χ0n) is 36.9. The number of carbonyl (C=O) groups is 2. The fraction of sp³-hybridized carbons (Fsp3) is 0.434. The highest BCUT2D eigenvalue weighted by Crippen LogP contribution is 2.37. The van der Waals surface area contributed by atoms with Crippen molar-refractivity contribution in [1.82, 2.24) is 0 Å². The molecular formula is C53H68O7. The van der Waals surface area contributed by atoms with Gasteiger partial charge in [-0.2, -0.15) is 0 Å². The van der Waals surface area contributed by atoms with Crippen LogP contribution in [0.3, 0.4) is 0 Å². The van der Waals surface area contributed by atoms with E-state index < -0.39 is 17.4 Å². The molecule has 60 heavy (non-hydrogen) atoms. The topological polar surface area (TPSA) is 102 Å². The zero-order chi connectivity index (χ0) is 43.5. The molecule has 0 saturated carbocycles. The molecule has 4 aromatic carbocycles. The number of hydrogen-bond acceptors (Lipinski definition) is 7. The molecule has 4 rings (SSSR count). The van der Waals surface area contributed by atoms with Crippen LogP contribution >= 0.6 is 0 Å². The summed E-state index contributed by atoms with van der Waals surface area (Å²) in [4.78, 5) is 24.4. The summed E-state index contributed by atoms with van der Waals surface area (Å²) in [6.07, 6.45) is 9.96. The lowest BCUT2D eigenvalue weighted by atomic mass is 9.82. The molecule has 7 heteroatoms. The number of aliphatic hydroxyl groups is 2. The van der Waals surface area contributed by atoms with Gasteiger partial charge in [0.25, 0.3) is 0 Å². The minimum Gasteiger partial charge on any atom is -0.493 e. The van der Waals surface area contributed by atoms with Crippen LogP contribution in [0.1, 0.15) is 108 Å². The SMILES string of the molecule is C=C(C)C(=O)OCCCc1cc(-c2ccc(-c3ccc(-c4ccc(CCCCC)cc4)cc3)cc2CC)cc(CCCOC(=O)C(=C)C)c1OCCC(CO)(CO)CCC. The number of aliphatic hydroxyl groups excluding tert-OH is 2. The Balaban J connectivity index is 1.69. The highest BCUT2D eigenvalue weighted by Gasteiger charge is 2.28. The predicted molar refractivity (Wildman–Crippen MR) is 245 cm³/mol. The van der Waals surface area contributed by atoms with Crippen LogP contribution in [-0.2, 0) is 44.7 Å². The van der Waals surface area contributed by atoms with Crippen LogP contribution in [0.5, 0.6) is 5.75 Å². The van der Waals surface area contributed by atoms with Gasteiger partial charge in [0.15, 0.2) is 0 Å². The number of ether oxygens (including phenoxy) is 3. The van der Waals surface area contributed by atoms with Crippen molar-refractivity contribution in [3.63, 3.8) is 0 Å². The lowest BCUT2D eigenvalue weighted by Crippen LogP contribution is -2.31. The summed E-state index contributed by atoms with van der Waals surface area (Å²) in [6.45, 7) is 17.6. The molecule has 0 heterocycles. The largest absolute Gasteiger partial charge is 0.493 e. The van der Waals surface area contributed by atoms with E-state index in [-0.39, 0.29) is 26.4 Å². The van der Waals surface area contributed by atoms with E-state index in [0.717, 1.165) is 58.4 Å². The van der Waals surface area contributed by atoms with Crippen LogP contribution < -0.4 is 4.74 Å². The first-order valence-electron chi connectivity index (χ1n) is 22.0. The third kappa shape index (κ3) is 13.8. The smallest absolute Gasteiger partial charge is 0.333 e. The van der Waals surface area contributed by atoms with Gasteiger partial charge in [-0.1, -0.05) is 120 Å². The van der Waals surface area contributed by atoms with E-state index in [4.69, 9.17) is 14.2 Å². The highest BCUT2D eigenvalue weighted by molar-refractivity contribution is 5.87. The molecule has 0 saturated heterocycles. The monoisotopic (exact) mass is 816 g/mol. The number of benzene rings is 4. The Morgan fingerprint density at radius 2 is 1.07 bits per heavy atom. The lowest BCUT2D eigenvalue weighted by molar-refractivity contribution is -0.139. The molecule has 0 aromatic heterocycles. The van der Waals surface area contributed by atoms with Gasteiger partial charge in [-0.25, -0.2) is 9.59 Å². The lowest BCUT2D eigenvalue weighted by Gasteiger charge is -2.30. The normalized spacial score (nSPS) is 11.3. The van der Waals surface area contributed by atoms with Gasteiger partial charge in [0.2, 0.25) is 0 Å². The van der Waals surface area contributed by atoms with Crippen LogP contribution in [0.15, 0.2) is 103 Å². The molecule has 0 aliphatic rings. The van der Waals surface area contributed by atoms with Gasteiger partial charge in [-0.05, 0) is 139 Å². The highest BCUT2D eigenvalue weighted by atomic mass is 16.5. The summed E-state index contributed by atoms with van der Waals surface area (Å²) >= 11 is 0. The van der Waals surface area contributed by atoms with Crippen LogP contribution in [0.2, 0.25) is 0 Å². The van der Waals surface area contributed by atoms with Gasteiger partial charge in [0.05, 0.1) is 33.0 Å². The quantitative estimate of drug-likeness (QED) is 0.0370. The Bertz CT molecular complexity index is 1950. The number of aryl methyl sites for hydroxylation is 4. The summed E-state index contributed by atoms with van der Waals surface area (Å²) in [6, 6.07) is 28.8.